The van der Waals surface area contributed by atoms with E-state index in [0.717, 1.165) is 0 Å². The first-order chi connectivity index (χ1) is 2.00. The molecule has 0 saturated heterocycles. The molecule has 0 aliphatic carbocycles. The Balaban J connectivity index is -0.00000000167. The normalized spacial score (nSPS) is 1.00. The van der Waals surface area contributed by atoms with E-state index in [9.17, 15) is 0 Å². The summed E-state index contributed by atoms with van der Waals surface area (Å²) >= 11 is 0.700. The topological polar surface area (TPSA) is 65.6 Å². The summed E-state index contributed by atoms with van der Waals surface area (Å²) in [5, 5.41) is 0. The molecule has 0 aromatic heterocycles. The van der Waals surface area contributed by atoms with Gasteiger partial charge in [-0.3, -0.25) is 0 Å². The van der Waals surface area contributed by atoms with Crippen LogP contribution < -0.4 is 0 Å². The van der Waals surface area contributed by atoms with Crippen molar-refractivity contribution in [2.45, 2.75) is 0 Å². The maximum absolute atomic E-state index is 8.28. The summed E-state index contributed by atoms with van der Waals surface area (Å²) in [6, 6.07) is 0. The molecule has 4 radical (unpaired) electrons. The molecule has 0 rings (SSSR count). The fraction of sp³-hybridized carbons (Fsp3) is 0. The molecule has 3 nitrogen and oxygen atoms in total. The van der Waals surface area contributed by atoms with Crippen LogP contribution in [0.4, 0.5) is 0 Å². The molecule has 0 aliphatic rings. The Kier molecular flexibility index (Phi) is 437. The summed E-state index contributed by atoms with van der Waals surface area (Å²) in [4.78, 5) is 0. The first-order valence-corrected chi connectivity index (χ1v) is 1.98. The van der Waals surface area contributed by atoms with E-state index < -0.39 is 0 Å². The van der Waals surface area contributed by atoms with Gasteiger partial charge in [0.2, 0.25) is 10.1 Å². The summed E-state index contributed by atoms with van der Waals surface area (Å²) in [7, 11) is 0.611. The molecule has 0 saturated carbocycles. The fourth-order valence-electron chi connectivity index (χ4n) is 0. The second kappa shape index (κ2) is 82.0. The Labute approximate surface area is 124 Å². The molecule has 0 atom stereocenters. The van der Waals surface area contributed by atoms with Gasteiger partial charge < -0.3 is 9.94 Å². The van der Waals surface area contributed by atoms with Gasteiger partial charge >= 0.3 is 106 Å². The average Bonchev–Trinajstić information content (AvgIpc) is 1.50. The molecule has 0 bridgehead atoms. The van der Waals surface area contributed by atoms with Crippen LogP contribution in [-0.4, -0.2) is 119 Å². The summed E-state index contributed by atoms with van der Waals surface area (Å²) in [6.45, 7) is 0. The van der Waals surface area contributed by atoms with Crippen LogP contribution in [0.25, 0.3) is 0 Å². The quantitative estimate of drug-likeness (QED) is 0.229. The van der Waals surface area contributed by atoms with E-state index >= 15 is 0 Å². The molecule has 0 aromatic rings. The van der Waals surface area contributed by atoms with E-state index in [1.807, 2.05) is 0 Å². The zero-order valence-electron chi connectivity index (χ0n) is 4.55. The third-order valence-electron chi connectivity index (χ3n) is 0. The summed E-state index contributed by atoms with van der Waals surface area (Å²) in [6.07, 6.45) is 0. The van der Waals surface area contributed by atoms with Crippen LogP contribution in [0, 0.1) is 0 Å². The fourth-order valence-corrected chi connectivity index (χ4v) is 0. The Bertz CT molecular complexity index is 19.2. The Morgan fingerprint density at radius 3 is 1.00 bits per heavy atom. The van der Waals surface area contributed by atoms with Gasteiger partial charge in [-0.15, -0.1) is 0 Å². The predicted molar refractivity (Wildman–Crippen MR) is 46.3 cm³/mol. The summed E-state index contributed by atoms with van der Waals surface area (Å²) in [5.74, 6) is 0. The van der Waals surface area contributed by atoms with Crippen molar-refractivity contribution in [3.8, 4) is 0 Å². The van der Waals surface area contributed by atoms with E-state index in [-0.39, 0.29) is 86.3 Å². The average molecular weight is 838 g/mol. The van der Waals surface area contributed by atoms with Gasteiger partial charge in [0.15, 0.2) is 0 Å². The Hall–Kier alpha value is 3.29. The van der Waals surface area contributed by atoms with Crippen LogP contribution in [0.2, 0.25) is 0 Å². The van der Waals surface area contributed by atoms with E-state index in [1.54, 1.807) is 0 Å². The molecular formula is H11BiO3Pb2SiTe. The molecule has 0 fully saturated rings. The van der Waals surface area contributed by atoms with Gasteiger partial charge in [-0.2, -0.15) is 0 Å². The third-order valence-corrected chi connectivity index (χ3v) is 0. The molecule has 0 aliphatic heterocycles. The number of hydrogen-bond acceptors (Lipinski definition) is 2. The van der Waals surface area contributed by atoms with Crippen LogP contribution in [-0.2, 0) is 7.57 Å². The van der Waals surface area contributed by atoms with Crippen molar-refractivity contribution >= 4 is 113 Å². The zero-order chi connectivity index (χ0) is 4.00. The van der Waals surface area contributed by atoms with Crippen LogP contribution in [0.1, 0.15) is 0 Å². The molecule has 0 heterocycles. The molecule has 0 amide bonds. The molecule has 0 aromatic carbocycles. The molecule has 8 heteroatoms. The van der Waals surface area contributed by atoms with E-state index in [4.69, 9.17) is 7.57 Å². The first kappa shape index (κ1) is 42.7. The van der Waals surface area contributed by atoms with Crippen LogP contribution in [0.5, 0.6) is 0 Å². The van der Waals surface area contributed by atoms with Gasteiger partial charge in [-0.1, -0.05) is 0 Å². The third kappa shape index (κ3) is 58.9. The van der Waals surface area contributed by atoms with Crippen molar-refractivity contribution in [2.24, 2.45) is 0 Å². The summed E-state index contributed by atoms with van der Waals surface area (Å²) < 4.78 is 16.5. The molecule has 0 spiro atoms. The Morgan fingerprint density at radius 1 is 1.00 bits per heavy atom. The zero-order valence-corrected chi connectivity index (χ0v) is 24.8. The van der Waals surface area contributed by atoms with Crippen LogP contribution in [0.15, 0.2) is 0 Å². The van der Waals surface area contributed by atoms with Gasteiger partial charge in [-0.25, -0.2) is 0 Å². The van der Waals surface area contributed by atoms with Crippen molar-refractivity contribution in [3.05, 3.63) is 0 Å². The minimum atomic E-state index is 0. The van der Waals surface area contributed by atoms with Gasteiger partial charge in [0.1, 0.15) is 0 Å². The first-order valence-electron chi connectivity index (χ1n) is 0.455. The van der Waals surface area contributed by atoms with Gasteiger partial charge in [0, 0.05) is 0 Å². The van der Waals surface area contributed by atoms with Crippen LogP contribution >= 0.6 is 0 Å². The molecule has 0 unspecified atom stereocenters. The minimum absolute atomic E-state index is 0. The van der Waals surface area contributed by atoms with Gasteiger partial charge in [-0.05, 0) is 0 Å². The van der Waals surface area contributed by atoms with Crippen molar-refractivity contribution in [1.82, 2.24) is 0 Å². The molecule has 52 valence electrons. The van der Waals surface area contributed by atoms with Crippen LogP contribution in [0.3, 0.4) is 0 Å². The van der Waals surface area contributed by atoms with E-state index in [2.05, 4.69) is 0 Å². The molecular weight excluding hydrogens is 827 g/mol. The van der Waals surface area contributed by atoms with Crippen molar-refractivity contribution in [2.75, 3.05) is 0 Å². The predicted octanol–water partition coefficient (Wildman–Crippen LogP) is -5.38. The number of rotatable bonds is 0. The van der Waals surface area contributed by atoms with E-state index in [0.29, 0.717) is 32.4 Å². The standard InChI is InChI=1S/Bi.H2OSi.OTe.H2O.2Pb.7H/c;2*1-2;;;;;;;;;;/h;2H2;;1H2;;;;;;;;;. The van der Waals surface area contributed by atoms with Gasteiger partial charge in [0.25, 0.3) is 0 Å². The number of hydrogen-bond donors (Lipinski definition) is 0. The van der Waals surface area contributed by atoms with E-state index in [1.165, 1.54) is 0 Å². The van der Waals surface area contributed by atoms with Crippen molar-refractivity contribution < 1.29 is 13.0 Å². The van der Waals surface area contributed by atoms with Crippen molar-refractivity contribution in [1.29, 1.82) is 0 Å². The maximum atomic E-state index is 8.28. The second-order valence-corrected chi connectivity index (χ2v) is 0. The monoisotopic (exact) mass is 842 g/mol. The van der Waals surface area contributed by atoms with Gasteiger partial charge in [0.05, 0.1) is 0 Å². The SMILES string of the molecule is O.O=[SiH2].O=[Te].[BiH3].[PbH2].[PbH2]. The van der Waals surface area contributed by atoms with Crippen molar-refractivity contribution in [3.63, 3.8) is 0 Å². The Morgan fingerprint density at radius 2 is 1.00 bits per heavy atom. The second-order valence-electron chi connectivity index (χ2n) is 0. The molecule has 2 N–H and O–H groups in total. The summed E-state index contributed by atoms with van der Waals surface area (Å²) in [5.41, 5.74) is 0. The molecule has 8 heavy (non-hydrogen) atoms.